The van der Waals surface area contributed by atoms with E-state index < -0.39 is 24.1 Å². The lowest BCUT2D eigenvalue weighted by atomic mass is 10.3. The van der Waals surface area contributed by atoms with Crippen LogP contribution in [0.25, 0.3) is 0 Å². The van der Waals surface area contributed by atoms with Crippen LogP contribution in [0.3, 0.4) is 0 Å². The normalized spacial score (nSPS) is 12.4. The average Bonchev–Trinajstić information content (AvgIpc) is 2.81. The summed E-state index contributed by atoms with van der Waals surface area (Å²) >= 11 is 0. The van der Waals surface area contributed by atoms with Crippen LogP contribution in [0.5, 0.6) is 11.5 Å². The number of aliphatic hydroxyl groups excluding tert-OH is 2. The topological polar surface area (TPSA) is 130 Å². The van der Waals surface area contributed by atoms with Crippen LogP contribution in [0.1, 0.15) is 13.8 Å². The lowest BCUT2D eigenvalue weighted by Crippen LogP contribution is -2.25. The monoisotopic (exact) mass is 482 g/mol. The van der Waals surface area contributed by atoms with Crippen LogP contribution >= 0.6 is 0 Å². The van der Waals surface area contributed by atoms with Gasteiger partial charge in [0, 0.05) is 11.1 Å². The molecule has 0 saturated carbocycles. The molecule has 2 N–H and O–H groups in total. The summed E-state index contributed by atoms with van der Waals surface area (Å²) in [6.07, 6.45) is -1.85. The molecule has 0 amide bonds. The second kappa shape index (κ2) is 16.7. The number of esters is 2. The van der Waals surface area contributed by atoms with E-state index in [4.69, 9.17) is 28.4 Å². The predicted molar refractivity (Wildman–Crippen MR) is 123 cm³/mol. The van der Waals surface area contributed by atoms with Gasteiger partial charge in [0.25, 0.3) is 0 Å². The van der Waals surface area contributed by atoms with Crippen LogP contribution in [-0.2, 0) is 28.5 Å². The largest absolute Gasteiger partial charge is 0.491 e. The maximum Gasteiger partial charge on any atom is 0.333 e. The molecular weight excluding hydrogens is 448 g/mol. The van der Waals surface area contributed by atoms with Crippen LogP contribution in [0.15, 0.2) is 48.6 Å². The Morgan fingerprint density at radius 3 is 1.38 bits per heavy atom. The van der Waals surface area contributed by atoms with Gasteiger partial charge in [-0.05, 0) is 38.1 Å². The summed E-state index contributed by atoms with van der Waals surface area (Å²) in [6.45, 7) is 10.7. The van der Waals surface area contributed by atoms with Crippen LogP contribution in [0.4, 0.5) is 0 Å². The molecule has 190 valence electrons. The minimum absolute atomic E-state index is 0.0123. The van der Waals surface area contributed by atoms with Gasteiger partial charge in [0.1, 0.15) is 50.1 Å². The fraction of sp³-hybridized carbons (Fsp3) is 0.500. The summed E-state index contributed by atoms with van der Waals surface area (Å²) in [5, 5.41) is 19.4. The summed E-state index contributed by atoms with van der Waals surface area (Å²) in [4.78, 5) is 22.5. The van der Waals surface area contributed by atoms with Crippen LogP contribution in [-0.4, -0.2) is 87.2 Å². The number of carbonyl (C=O) groups excluding carboxylic acids is 2. The number of aliphatic hydroxyl groups is 2. The molecular formula is C24H34O10. The van der Waals surface area contributed by atoms with Crippen LogP contribution in [0.2, 0.25) is 0 Å². The quantitative estimate of drug-likeness (QED) is 0.180. The second-order valence-electron chi connectivity index (χ2n) is 7.38. The number of benzene rings is 1. The van der Waals surface area contributed by atoms with Gasteiger partial charge >= 0.3 is 11.9 Å². The van der Waals surface area contributed by atoms with E-state index in [0.29, 0.717) is 11.5 Å². The van der Waals surface area contributed by atoms with Gasteiger partial charge in [0.2, 0.25) is 0 Å². The Labute approximate surface area is 199 Å². The van der Waals surface area contributed by atoms with E-state index in [1.807, 2.05) is 0 Å². The minimum Gasteiger partial charge on any atom is -0.491 e. The molecule has 0 heterocycles. The first kappa shape index (κ1) is 29.1. The van der Waals surface area contributed by atoms with Crippen molar-refractivity contribution in [1.29, 1.82) is 0 Å². The van der Waals surface area contributed by atoms with Crippen molar-refractivity contribution in [1.82, 2.24) is 0 Å². The molecule has 0 radical (unpaired) electrons. The molecule has 2 unspecified atom stereocenters. The van der Waals surface area contributed by atoms with Gasteiger partial charge in [-0.2, -0.15) is 0 Å². The lowest BCUT2D eigenvalue weighted by Gasteiger charge is -2.13. The van der Waals surface area contributed by atoms with Crippen molar-refractivity contribution in [2.24, 2.45) is 0 Å². The van der Waals surface area contributed by atoms with Gasteiger partial charge in [0.05, 0.1) is 26.4 Å². The first-order valence-electron chi connectivity index (χ1n) is 10.7. The van der Waals surface area contributed by atoms with Crippen molar-refractivity contribution in [2.75, 3.05) is 52.9 Å². The second-order valence-corrected chi connectivity index (χ2v) is 7.38. The van der Waals surface area contributed by atoms with Crippen molar-refractivity contribution in [3.63, 3.8) is 0 Å². The van der Waals surface area contributed by atoms with Gasteiger partial charge < -0.3 is 38.6 Å². The third kappa shape index (κ3) is 13.6. The first-order valence-corrected chi connectivity index (χ1v) is 10.7. The summed E-state index contributed by atoms with van der Waals surface area (Å²) in [5.74, 6) is 0.131. The SMILES string of the molecule is C=C(C)C(=O)OCC(O)COCCOc1ccc(OCCOCC(O)COC(=O)C(=C)C)cc1. The number of rotatable bonds is 18. The van der Waals surface area contributed by atoms with Gasteiger partial charge in [-0.15, -0.1) is 0 Å². The molecule has 0 aliphatic heterocycles. The molecule has 0 fully saturated rings. The fourth-order valence-electron chi connectivity index (χ4n) is 2.19. The van der Waals surface area contributed by atoms with E-state index in [-0.39, 0.29) is 64.0 Å². The molecule has 10 nitrogen and oxygen atoms in total. The van der Waals surface area contributed by atoms with Gasteiger partial charge in [0.15, 0.2) is 0 Å². The summed E-state index contributed by atoms with van der Waals surface area (Å²) in [6, 6.07) is 6.95. The Morgan fingerprint density at radius 1 is 0.706 bits per heavy atom. The van der Waals surface area contributed by atoms with E-state index in [1.165, 1.54) is 13.8 Å². The van der Waals surface area contributed by atoms with Crippen molar-refractivity contribution in [2.45, 2.75) is 26.1 Å². The Morgan fingerprint density at radius 2 is 1.06 bits per heavy atom. The number of hydrogen-bond donors (Lipinski definition) is 2. The molecule has 0 aliphatic carbocycles. The van der Waals surface area contributed by atoms with Crippen molar-refractivity contribution >= 4 is 11.9 Å². The molecule has 1 aromatic carbocycles. The first-order chi connectivity index (χ1) is 16.2. The standard InChI is InChI=1S/C24H34O10/c1-17(2)23(27)33-15-19(25)13-29-9-11-31-21-5-7-22(8-6-21)32-12-10-30-14-20(26)16-34-24(28)18(3)4/h5-8,19-20,25-26H,1,3,9-16H2,2,4H3. The van der Waals surface area contributed by atoms with Crippen molar-refractivity contribution in [3.8, 4) is 11.5 Å². The van der Waals surface area contributed by atoms with E-state index in [1.54, 1.807) is 24.3 Å². The summed E-state index contributed by atoms with van der Waals surface area (Å²) in [5.41, 5.74) is 0.531. The van der Waals surface area contributed by atoms with E-state index in [2.05, 4.69) is 13.2 Å². The van der Waals surface area contributed by atoms with E-state index in [0.717, 1.165) is 0 Å². The fourth-order valence-corrected chi connectivity index (χ4v) is 2.19. The minimum atomic E-state index is -0.925. The highest BCUT2D eigenvalue weighted by Gasteiger charge is 2.10. The van der Waals surface area contributed by atoms with Gasteiger partial charge in [-0.1, -0.05) is 13.2 Å². The summed E-state index contributed by atoms with van der Waals surface area (Å²) in [7, 11) is 0. The molecule has 1 rings (SSSR count). The highest BCUT2D eigenvalue weighted by Crippen LogP contribution is 2.17. The Kier molecular flexibility index (Phi) is 14.3. The Hall–Kier alpha value is -2.92. The average molecular weight is 483 g/mol. The molecule has 2 atom stereocenters. The predicted octanol–water partition coefficient (Wildman–Crippen LogP) is 1.44. The Balaban J connectivity index is 2.09. The molecule has 0 aliphatic rings. The molecule has 34 heavy (non-hydrogen) atoms. The zero-order valence-corrected chi connectivity index (χ0v) is 19.7. The number of carbonyl (C=O) groups is 2. The highest BCUT2D eigenvalue weighted by molar-refractivity contribution is 5.87. The molecule has 0 bridgehead atoms. The zero-order valence-electron chi connectivity index (χ0n) is 19.7. The third-order valence-corrected chi connectivity index (χ3v) is 3.95. The van der Waals surface area contributed by atoms with E-state index >= 15 is 0 Å². The molecule has 0 saturated heterocycles. The summed E-state index contributed by atoms with van der Waals surface area (Å²) < 4.78 is 31.3. The molecule has 0 aromatic heterocycles. The van der Waals surface area contributed by atoms with Crippen LogP contribution in [0, 0.1) is 0 Å². The van der Waals surface area contributed by atoms with Crippen molar-refractivity contribution in [3.05, 3.63) is 48.6 Å². The zero-order chi connectivity index (χ0) is 25.3. The number of hydrogen-bond acceptors (Lipinski definition) is 10. The third-order valence-electron chi connectivity index (χ3n) is 3.95. The molecule has 1 aromatic rings. The highest BCUT2D eigenvalue weighted by atomic mass is 16.6. The van der Waals surface area contributed by atoms with Gasteiger partial charge in [-0.3, -0.25) is 0 Å². The van der Waals surface area contributed by atoms with Gasteiger partial charge in [-0.25, -0.2) is 9.59 Å². The maximum absolute atomic E-state index is 11.2. The maximum atomic E-state index is 11.2. The Bertz CT molecular complexity index is 709. The number of ether oxygens (including phenoxy) is 6. The van der Waals surface area contributed by atoms with Crippen LogP contribution < -0.4 is 9.47 Å². The van der Waals surface area contributed by atoms with E-state index in [9.17, 15) is 19.8 Å². The smallest absolute Gasteiger partial charge is 0.333 e. The molecule has 10 heteroatoms. The molecule has 0 spiro atoms. The van der Waals surface area contributed by atoms with Crippen molar-refractivity contribution < 1.29 is 48.2 Å². The lowest BCUT2D eigenvalue weighted by molar-refractivity contribution is -0.143.